The summed E-state index contributed by atoms with van der Waals surface area (Å²) in [5, 5.41) is 10.2. The highest BCUT2D eigenvalue weighted by Gasteiger charge is 2.14. The van der Waals surface area contributed by atoms with E-state index < -0.39 is 6.10 Å². The van der Waals surface area contributed by atoms with Crippen LogP contribution in [0.4, 0.5) is 11.4 Å². The number of anilines is 2. The van der Waals surface area contributed by atoms with Crippen LogP contribution in [-0.2, 0) is 0 Å². The van der Waals surface area contributed by atoms with Crippen molar-refractivity contribution in [2.75, 3.05) is 19.1 Å². The molecule has 106 valence electrons. The predicted molar refractivity (Wildman–Crippen MR) is 82.7 cm³/mol. The van der Waals surface area contributed by atoms with Crippen LogP contribution in [0.15, 0.2) is 48.5 Å². The minimum absolute atomic E-state index is 0.445. The zero-order chi connectivity index (χ0) is 14.5. The monoisotopic (exact) mass is 271 g/mol. The van der Waals surface area contributed by atoms with Gasteiger partial charge in [0.2, 0.25) is 0 Å². The van der Waals surface area contributed by atoms with Gasteiger partial charge in [0.25, 0.3) is 0 Å². The first-order valence-electron chi connectivity index (χ1n) is 6.82. The van der Waals surface area contributed by atoms with Crippen LogP contribution in [0.3, 0.4) is 0 Å². The van der Waals surface area contributed by atoms with Gasteiger partial charge in [-0.1, -0.05) is 31.2 Å². The summed E-state index contributed by atoms with van der Waals surface area (Å²) in [4.78, 5) is 2.07. The summed E-state index contributed by atoms with van der Waals surface area (Å²) in [5.41, 5.74) is 2.98. The lowest BCUT2D eigenvalue weighted by molar-refractivity contribution is 0.174. The topological polar surface area (TPSA) is 32.7 Å². The van der Waals surface area contributed by atoms with Crippen molar-refractivity contribution >= 4 is 11.4 Å². The summed E-state index contributed by atoms with van der Waals surface area (Å²) < 4.78 is 5.26. The maximum atomic E-state index is 10.2. The zero-order valence-electron chi connectivity index (χ0n) is 12.2. The fourth-order valence-corrected chi connectivity index (χ4v) is 2.25. The van der Waals surface area contributed by atoms with Crippen LogP contribution < -0.4 is 9.64 Å². The molecule has 20 heavy (non-hydrogen) atoms. The van der Waals surface area contributed by atoms with Crippen molar-refractivity contribution in [3.63, 3.8) is 0 Å². The molecule has 0 aliphatic heterocycles. The Morgan fingerprint density at radius 1 is 1.15 bits per heavy atom. The van der Waals surface area contributed by atoms with Gasteiger partial charge in [-0.3, -0.25) is 0 Å². The van der Waals surface area contributed by atoms with Crippen molar-refractivity contribution in [3.8, 4) is 5.75 Å². The third kappa shape index (κ3) is 2.94. The summed E-state index contributed by atoms with van der Waals surface area (Å²) >= 11 is 0. The van der Waals surface area contributed by atoms with Crippen LogP contribution in [0.2, 0.25) is 0 Å². The van der Waals surface area contributed by atoms with Crippen LogP contribution in [0.25, 0.3) is 0 Å². The molecule has 2 aromatic carbocycles. The third-order valence-corrected chi connectivity index (χ3v) is 3.48. The SMILES string of the molecule is CCC(O)c1ccccc1N(C)c1cccc(OC)c1. The zero-order valence-corrected chi connectivity index (χ0v) is 12.2. The summed E-state index contributed by atoms with van der Waals surface area (Å²) in [6, 6.07) is 15.8. The number of ether oxygens (including phenoxy) is 1. The molecule has 0 spiro atoms. The molecule has 0 saturated carbocycles. The molecular weight excluding hydrogens is 250 g/mol. The van der Waals surface area contributed by atoms with Crippen molar-refractivity contribution in [1.82, 2.24) is 0 Å². The first-order valence-corrected chi connectivity index (χ1v) is 6.82. The number of hydrogen-bond donors (Lipinski definition) is 1. The van der Waals surface area contributed by atoms with E-state index in [9.17, 15) is 5.11 Å². The average Bonchev–Trinajstić information content (AvgIpc) is 2.53. The van der Waals surface area contributed by atoms with Crippen molar-refractivity contribution in [2.24, 2.45) is 0 Å². The van der Waals surface area contributed by atoms with Gasteiger partial charge in [0.05, 0.1) is 13.2 Å². The number of methoxy groups -OCH3 is 1. The van der Waals surface area contributed by atoms with Crippen LogP contribution >= 0.6 is 0 Å². The Hall–Kier alpha value is -2.00. The Morgan fingerprint density at radius 2 is 1.90 bits per heavy atom. The largest absolute Gasteiger partial charge is 0.497 e. The molecule has 0 heterocycles. The fraction of sp³-hybridized carbons (Fsp3) is 0.294. The molecule has 1 unspecified atom stereocenters. The summed E-state index contributed by atoms with van der Waals surface area (Å²) in [6.45, 7) is 1.98. The van der Waals surface area contributed by atoms with E-state index in [2.05, 4.69) is 4.90 Å². The number of para-hydroxylation sites is 1. The number of rotatable bonds is 5. The maximum absolute atomic E-state index is 10.2. The third-order valence-electron chi connectivity index (χ3n) is 3.48. The van der Waals surface area contributed by atoms with E-state index in [1.807, 2.05) is 62.5 Å². The molecule has 0 aromatic heterocycles. The van der Waals surface area contributed by atoms with E-state index in [1.165, 1.54) is 0 Å². The second-order valence-electron chi connectivity index (χ2n) is 4.74. The standard InChI is InChI=1S/C17H21NO2/c1-4-17(19)15-10-5-6-11-16(15)18(2)13-8-7-9-14(12-13)20-3/h5-12,17,19H,4H2,1-3H3. The maximum Gasteiger partial charge on any atom is 0.120 e. The highest BCUT2D eigenvalue weighted by atomic mass is 16.5. The van der Waals surface area contributed by atoms with Gasteiger partial charge in [0, 0.05) is 30.1 Å². The summed E-state index contributed by atoms with van der Waals surface area (Å²) in [5.74, 6) is 0.822. The van der Waals surface area contributed by atoms with Gasteiger partial charge in [-0.15, -0.1) is 0 Å². The number of hydrogen-bond acceptors (Lipinski definition) is 3. The van der Waals surface area contributed by atoms with Gasteiger partial charge in [-0.05, 0) is 24.6 Å². The van der Waals surface area contributed by atoms with Gasteiger partial charge < -0.3 is 14.7 Å². The Morgan fingerprint density at radius 3 is 2.60 bits per heavy atom. The van der Waals surface area contributed by atoms with Gasteiger partial charge in [-0.2, -0.15) is 0 Å². The van der Waals surface area contributed by atoms with Crippen LogP contribution in [0.5, 0.6) is 5.75 Å². The average molecular weight is 271 g/mol. The van der Waals surface area contributed by atoms with Crippen LogP contribution in [0, 0.1) is 0 Å². The molecule has 3 heteroatoms. The molecule has 1 atom stereocenters. The van der Waals surface area contributed by atoms with E-state index in [1.54, 1.807) is 7.11 Å². The number of aliphatic hydroxyl groups excluding tert-OH is 1. The van der Waals surface area contributed by atoms with Crippen LogP contribution in [-0.4, -0.2) is 19.3 Å². The molecule has 0 fully saturated rings. The molecule has 0 aliphatic carbocycles. The highest BCUT2D eigenvalue weighted by Crippen LogP contribution is 2.33. The molecule has 0 bridgehead atoms. The molecule has 3 nitrogen and oxygen atoms in total. The Kier molecular flexibility index (Phi) is 4.64. The molecule has 0 radical (unpaired) electrons. The van der Waals surface area contributed by atoms with Gasteiger partial charge in [-0.25, -0.2) is 0 Å². The minimum Gasteiger partial charge on any atom is -0.497 e. The molecule has 2 aromatic rings. The highest BCUT2D eigenvalue weighted by molar-refractivity contribution is 5.67. The van der Waals surface area contributed by atoms with Gasteiger partial charge >= 0.3 is 0 Å². The van der Waals surface area contributed by atoms with Crippen molar-refractivity contribution in [3.05, 3.63) is 54.1 Å². The second-order valence-corrected chi connectivity index (χ2v) is 4.74. The number of aliphatic hydroxyl groups is 1. The van der Waals surface area contributed by atoms with E-state index in [0.717, 1.165) is 22.7 Å². The van der Waals surface area contributed by atoms with Crippen molar-refractivity contribution in [1.29, 1.82) is 0 Å². The van der Waals surface area contributed by atoms with Crippen molar-refractivity contribution in [2.45, 2.75) is 19.4 Å². The molecule has 0 saturated heterocycles. The fourth-order valence-electron chi connectivity index (χ4n) is 2.25. The van der Waals surface area contributed by atoms with E-state index in [-0.39, 0.29) is 0 Å². The number of nitrogens with zero attached hydrogens (tertiary/aromatic N) is 1. The Bertz CT molecular complexity index is 568. The molecule has 0 amide bonds. The lowest BCUT2D eigenvalue weighted by Gasteiger charge is -2.24. The van der Waals surface area contributed by atoms with Gasteiger partial charge in [0.15, 0.2) is 0 Å². The molecule has 1 N–H and O–H groups in total. The van der Waals surface area contributed by atoms with E-state index >= 15 is 0 Å². The lowest BCUT2D eigenvalue weighted by atomic mass is 10.0. The lowest BCUT2D eigenvalue weighted by Crippen LogP contribution is -2.13. The molecular formula is C17H21NO2. The number of benzene rings is 2. The minimum atomic E-state index is -0.445. The predicted octanol–water partition coefficient (Wildman–Crippen LogP) is 3.91. The first kappa shape index (κ1) is 14.4. The quantitative estimate of drug-likeness (QED) is 0.895. The van der Waals surface area contributed by atoms with E-state index in [0.29, 0.717) is 6.42 Å². The second kappa shape index (κ2) is 6.44. The smallest absolute Gasteiger partial charge is 0.120 e. The van der Waals surface area contributed by atoms with Gasteiger partial charge in [0.1, 0.15) is 5.75 Å². The summed E-state index contributed by atoms with van der Waals surface area (Å²) in [7, 11) is 3.66. The Labute approximate surface area is 120 Å². The first-order chi connectivity index (χ1) is 9.67. The van der Waals surface area contributed by atoms with E-state index in [4.69, 9.17) is 4.74 Å². The van der Waals surface area contributed by atoms with Crippen molar-refractivity contribution < 1.29 is 9.84 Å². The Balaban J connectivity index is 2.40. The molecule has 0 aliphatic rings. The van der Waals surface area contributed by atoms with Crippen LogP contribution in [0.1, 0.15) is 25.0 Å². The summed E-state index contributed by atoms with van der Waals surface area (Å²) in [6.07, 6.45) is 0.252. The normalized spacial score (nSPS) is 12.0. The molecule has 2 rings (SSSR count).